The molecule has 4 heteroatoms. The van der Waals surface area contributed by atoms with E-state index < -0.39 is 5.97 Å². The molecule has 3 N–H and O–H groups in total. The minimum Gasteiger partial charge on any atom is -0.507 e. The third-order valence-corrected chi connectivity index (χ3v) is 1.73. The summed E-state index contributed by atoms with van der Waals surface area (Å²) in [5.74, 6) is -1.56. The molecule has 1 aromatic carbocycles. The molecule has 0 aliphatic rings. The molecule has 70 valence electrons. The number of aliphatic hydroxyl groups excluding tert-OH is 1. The molecule has 1 rings (SSSR count). The molecule has 0 radical (unpaired) electrons. The van der Waals surface area contributed by atoms with Crippen LogP contribution >= 0.6 is 0 Å². The van der Waals surface area contributed by atoms with Crippen LogP contribution in [-0.2, 0) is 6.61 Å². The van der Waals surface area contributed by atoms with E-state index in [0.717, 1.165) is 0 Å². The first-order valence-electron chi connectivity index (χ1n) is 3.73. The topological polar surface area (TPSA) is 77.8 Å². The first kappa shape index (κ1) is 9.54. The van der Waals surface area contributed by atoms with Crippen LogP contribution in [0.15, 0.2) is 12.1 Å². The quantitative estimate of drug-likeness (QED) is 0.634. The van der Waals surface area contributed by atoms with Crippen molar-refractivity contribution in [3.05, 3.63) is 28.8 Å². The number of hydrogen-bond acceptors (Lipinski definition) is 3. The Kier molecular flexibility index (Phi) is 2.53. The van der Waals surface area contributed by atoms with Crippen molar-refractivity contribution in [3.8, 4) is 5.75 Å². The van der Waals surface area contributed by atoms with Crippen LogP contribution in [0.25, 0.3) is 0 Å². The molecule has 0 unspecified atom stereocenters. The Morgan fingerprint density at radius 3 is 2.54 bits per heavy atom. The second kappa shape index (κ2) is 3.45. The van der Waals surface area contributed by atoms with E-state index in [2.05, 4.69) is 0 Å². The molecular weight excluding hydrogens is 172 g/mol. The number of rotatable bonds is 2. The van der Waals surface area contributed by atoms with Crippen molar-refractivity contribution in [1.29, 1.82) is 0 Å². The molecule has 13 heavy (non-hydrogen) atoms. The Morgan fingerprint density at radius 2 is 2.08 bits per heavy atom. The van der Waals surface area contributed by atoms with Crippen molar-refractivity contribution < 1.29 is 20.1 Å². The zero-order valence-corrected chi connectivity index (χ0v) is 7.11. The van der Waals surface area contributed by atoms with Crippen LogP contribution in [0.4, 0.5) is 0 Å². The van der Waals surface area contributed by atoms with Gasteiger partial charge in [0.25, 0.3) is 0 Å². The second-order valence-corrected chi connectivity index (χ2v) is 2.78. The number of carboxylic acid groups (broad SMARTS) is 1. The molecule has 0 aromatic heterocycles. The summed E-state index contributed by atoms with van der Waals surface area (Å²) >= 11 is 0. The van der Waals surface area contributed by atoms with Crippen LogP contribution in [0.2, 0.25) is 0 Å². The van der Waals surface area contributed by atoms with E-state index in [9.17, 15) is 9.90 Å². The fourth-order valence-electron chi connectivity index (χ4n) is 1.14. The molecule has 0 bridgehead atoms. The Hall–Kier alpha value is -1.55. The average Bonchev–Trinajstić information content (AvgIpc) is 2.08. The largest absolute Gasteiger partial charge is 0.507 e. The summed E-state index contributed by atoms with van der Waals surface area (Å²) in [6.45, 7) is 1.33. The molecule has 0 aliphatic heterocycles. The first-order valence-corrected chi connectivity index (χ1v) is 3.73. The van der Waals surface area contributed by atoms with Gasteiger partial charge in [0.05, 0.1) is 6.61 Å². The van der Waals surface area contributed by atoms with E-state index in [1.165, 1.54) is 6.07 Å². The lowest BCUT2D eigenvalue weighted by atomic mass is 10.1. The van der Waals surface area contributed by atoms with E-state index in [4.69, 9.17) is 10.2 Å². The van der Waals surface area contributed by atoms with Gasteiger partial charge in [0.15, 0.2) is 0 Å². The maximum absolute atomic E-state index is 10.6. The molecule has 0 spiro atoms. The summed E-state index contributed by atoms with van der Waals surface area (Å²) in [6.07, 6.45) is 0. The highest BCUT2D eigenvalue weighted by molar-refractivity contribution is 5.91. The molecule has 0 aliphatic carbocycles. The Morgan fingerprint density at radius 1 is 1.46 bits per heavy atom. The summed E-state index contributed by atoms with van der Waals surface area (Å²) in [4.78, 5) is 10.6. The van der Waals surface area contributed by atoms with Gasteiger partial charge in [-0.25, -0.2) is 4.79 Å². The molecule has 0 heterocycles. The smallest absolute Gasteiger partial charge is 0.339 e. The Bertz CT molecular complexity index is 344. The lowest BCUT2D eigenvalue weighted by Gasteiger charge is -2.06. The summed E-state index contributed by atoms with van der Waals surface area (Å²) in [5.41, 5.74) is 0.751. The van der Waals surface area contributed by atoms with Gasteiger partial charge in [-0.15, -0.1) is 0 Å². The first-order chi connectivity index (χ1) is 6.06. The molecule has 0 saturated carbocycles. The lowest BCUT2D eigenvalue weighted by Crippen LogP contribution is -2.00. The number of carbonyl (C=O) groups is 1. The molecule has 0 fully saturated rings. The van der Waals surface area contributed by atoms with Gasteiger partial charge in [-0.2, -0.15) is 0 Å². The standard InChI is InChI=1S/C9H10O4/c1-5-2-6(4-10)8(11)7(3-5)9(12)13/h2-3,10-11H,4H2,1H3,(H,12,13). The second-order valence-electron chi connectivity index (χ2n) is 2.78. The van der Waals surface area contributed by atoms with E-state index in [1.54, 1.807) is 13.0 Å². The summed E-state index contributed by atoms with van der Waals surface area (Å²) in [6, 6.07) is 2.90. The minimum absolute atomic E-state index is 0.177. The normalized spacial score (nSPS) is 10.0. The summed E-state index contributed by atoms with van der Waals surface area (Å²) < 4.78 is 0. The van der Waals surface area contributed by atoms with Crippen LogP contribution in [0.5, 0.6) is 5.75 Å². The predicted octanol–water partition coefficient (Wildman–Crippen LogP) is 0.891. The monoisotopic (exact) mass is 182 g/mol. The van der Waals surface area contributed by atoms with E-state index in [-0.39, 0.29) is 23.5 Å². The predicted molar refractivity (Wildman–Crippen MR) is 45.7 cm³/mol. The van der Waals surface area contributed by atoms with E-state index in [1.807, 2.05) is 0 Å². The van der Waals surface area contributed by atoms with Gasteiger partial charge in [0.2, 0.25) is 0 Å². The number of carboxylic acids is 1. The van der Waals surface area contributed by atoms with Crippen molar-refractivity contribution in [2.75, 3.05) is 0 Å². The van der Waals surface area contributed by atoms with E-state index >= 15 is 0 Å². The van der Waals surface area contributed by atoms with Crippen LogP contribution in [0.1, 0.15) is 21.5 Å². The van der Waals surface area contributed by atoms with Gasteiger partial charge >= 0.3 is 5.97 Å². The number of aliphatic hydroxyl groups is 1. The maximum atomic E-state index is 10.6. The number of phenols is 1. The zero-order valence-electron chi connectivity index (χ0n) is 7.11. The highest BCUT2D eigenvalue weighted by Crippen LogP contribution is 2.24. The van der Waals surface area contributed by atoms with Crippen LogP contribution in [-0.4, -0.2) is 21.3 Å². The van der Waals surface area contributed by atoms with Crippen molar-refractivity contribution in [2.24, 2.45) is 0 Å². The number of aromatic hydroxyl groups is 1. The molecule has 1 aromatic rings. The fourth-order valence-corrected chi connectivity index (χ4v) is 1.14. The molecule has 0 saturated heterocycles. The SMILES string of the molecule is Cc1cc(CO)c(O)c(C(=O)O)c1. The summed E-state index contributed by atoms with van der Waals surface area (Å²) in [5, 5.41) is 26.8. The number of aryl methyl sites for hydroxylation is 1. The lowest BCUT2D eigenvalue weighted by molar-refractivity contribution is 0.0693. The number of benzene rings is 1. The van der Waals surface area contributed by atoms with Gasteiger partial charge in [-0.1, -0.05) is 6.07 Å². The van der Waals surface area contributed by atoms with Crippen molar-refractivity contribution in [1.82, 2.24) is 0 Å². The minimum atomic E-state index is -1.20. The number of hydrogen-bond donors (Lipinski definition) is 3. The highest BCUT2D eigenvalue weighted by Gasteiger charge is 2.13. The van der Waals surface area contributed by atoms with Crippen molar-refractivity contribution in [3.63, 3.8) is 0 Å². The molecule has 4 nitrogen and oxygen atoms in total. The average molecular weight is 182 g/mol. The third kappa shape index (κ3) is 1.78. The summed E-state index contributed by atoms with van der Waals surface area (Å²) in [7, 11) is 0. The Labute approximate surface area is 75.1 Å². The van der Waals surface area contributed by atoms with Crippen molar-refractivity contribution >= 4 is 5.97 Å². The van der Waals surface area contributed by atoms with Crippen LogP contribution < -0.4 is 0 Å². The zero-order chi connectivity index (χ0) is 10.0. The number of aromatic carboxylic acids is 1. The van der Waals surface area contributed by atoms with Gasteiger partial charge < -0.3 is 15.3 Å². The van der Waals surface area contributed by atoms with Gasteiger partial charge in [0.1, 0.15) is 11.3 Å². The molecule has 0 atom stereocenters. The Balaban J connectivity index is 3.35. The highest BCUT2D eigenvalue weighted by atomic mass is 16.4. The van der Waals surface area contributed by atoms with E-state index in [0.29, 0.717) is 5.56 Å². The fraction of sp³-hybridized carbons (Fsp3) is 0.222. The van der Waals surface area contributed by atoms with Gasteiger partial charge in [-0.05, 0) is 18.6 Å². The third-order valence-electron chi connectivity index (χ3n) is 1.73. The van der Waals surface area contributed by atoms with Gasteiger partial charge in [0, 0.05) is 5.56 Å². The van der Waals surface area contributed by atoms with Crippen molar-refractivity contribution in [2.45, 2.75) is 13.5 Å². The molecule has 0 amide bonds. The van der Waals surface area contributed by atoms with Crippen LogP contribution in [0, 0.1) is 6.92 Å². The maximum Gasteiger partial charge on any atom is 0.339 e. The van der Waals surface area contributed by atoms with Gasteiger partial charge in [-0.3, -0.25) is 0 Å². The molecular formula is C9H10O4. The van der Waals surface area contributed by atoms with Crippen LogP contribution in [0.3, 0.4) is 0 Å².